The summed E-state index contributed by atoms with van der Waals surface area (Å²) < 4.78 is 32.4. The predicted octanol–water partition coefficient (Wildman–Crippen LogP) is 1.37. The van der Waals surface area contributed by atoms with Crippen molar-refractivity contribution in [1.82, 2.24) is 4.31 Å². The second-order valence-corrected chi connectivity index (χ2v) is 8.77. The van der Waals surface area contributed by atoms with Crippen LogP contribution in [0.4, 0.5) is 0 Å². The zero-order chi connectivity index (χ0) is 14.8. The number of ether oxygens (including phenoxy) is 1. The minimum absolute atomic E-state index is 0.140. The van der Waals surface area contributed by atoms with Gasteiger partial charge in [0.05, 0.1) is 24.1 Å². The van der Waals surface area contributed by atoms with Gasteiger partial charge in [-0.2, -0.15) is 4.31 Å². The van der Waals surface area contributed by atoms with E-state index in [1.54, 1.807) is 0 Å². The first-order valence-corrected chi connectivity index (χ1v) is 9.20. The fraction of sp³-hybridized carbons (Fsp3) is 1.00. The average molecular weight is 305 g/mol. The van der Waals surface area contributed by atoms with Crippen molar-refractivity contribution in [2.75, 3.05) is 25.4 Å². The van der Waals surface area contributed by atoms with Crippen molar-refractivity contribution in [1.29, 1.82) is 0 Å². The number of aliphatic hydroxyl groups excluding tert-OH is 1. The maximum absolute atomic E-state index is 12.6. The highest BCUT2D eigenvalue weighted by Gasteiger charge is 2.39. The van der Waals surface area contributed by atoms with Crippen molar-refractivity contribution in [3.05, 3.63) is 0 Å². The Morgan fingerprint density at radius 3 is 2.50 bits per heavy atom. The second kappa shape index (κ2) is 6.30. The standard InChI is InChI=1S/C14H27NO4S/c1-14(2)11-15(8-13(9-16)19-14)20(17,18)10-12-6-4-3-5-7-12/h12-13,16H,3-11H2,1-2H3. The van der Waals surface area contributed by atoms with Crippen LogP contribution >= 0.6 is 0 Å². The minimum Gasteiger partial charge on any atom is -0.394 e. The van der Waals surface area contributed by atoms with Crippen molar-refractivity contribution in [3.8, 4) is 0 Å². The molecule has 2 aliphatic rings. The highest BCUT2D eigenvalue weighted by atomic mass is 32.2. The first-order valence-electron chi connectivity index (χ1n) is 7.59. The number of sulfonamides is 1. The van der Waals surface area contributed by atoms with Crippen LogP contribution in [0.25, 0.3) is 0 Å². The van der Waals surface area contributed by atoms with Gasteiger partial charge in [0.2, 0.25) is 10.0 Å². The Morgan fingerprint density at radius 1 is 1.25 bits per heavy atom. The molecule has 2 fully saturated rings. The Morgan fingerprint density at radius 2 is 1.90 bits per heavy atom. The normalized spacial score (nSPS) is 29.4. The lowest BCUT2D eigenvalue weighted by Gasteiger charge is -2.42. The predicted molar refractivity (Wildman–Crippen MR) is 78.0 cm³/mol. The molecule has 1 saturated heterocycles. The highest BCUT2D eigenvalue weighted by Crippen LogP contribution is 2.28. The molecule has 1 N–H and O–H groups in total. The lowest BCUT2D eigenvalue weighted by Crippen LogP contribution is -2.56. The lowest BCUT2D eigenvalue weighted by molar-refractivity contribution is -0.131. The third-order valence-corrected chi connectivity index (χ3v) is 6.18. The van der Waals surface area contributed by atoms with E-state index in [0.29, 0.717) is 12.5 Å². The molecule has 1 aliphatic heterocycles. The van der Waals surface area contributed by atoms with Crippen LogP contribution in [-0.2, 0) is 14.8 Å². The Labute approximate surface area is 122 Å². The van der Waals surface area contributed by atoms with Gasteiger partial charge in [-0.15, -0.1) is 0 Å². The van der Waals surface area contributed by atoms with Gasteiger partial charge in [0.1, 0.15) is 0 Å². The molecule has 0 bridgehead atoms. The Balaban J connectivity index is 2.03. The molecule has 1 unspecified atom stereocenters. The highest BCUT2D eigenvalue weighted by molar-refractivity contribution is 7.89. The summed E-state index contributed by atoms with van der Waals surface area (Å²) in [5.41, 5.74) is -0.536. The van der Waals surface area contributed by atoms with E-state index in [4.69, 9.17) is 4.74 Å². The summed E-state index contributed by atoms with van der Waals surface area (Å²) in [6.07, 6.45) is 5.16. The molecule has 118 valence electrons. The van der Waals surface area contributed by atoms with Gasteiger partial charge in [-0.1, -0.05) is 19.3 Å². The molecule has 0 radical (unpaired) electrons. The van der Waals surface area contributed by atoms with Crippen LogP contribution in [0, 0.1) is 5.92 Å². The van der Waals surface area contributed by atoms with Gasteiger partial charge in [-0.3, -0.25) is 0 Å². The molecule has 0 spiro atoms. The fourth-order valence-electron chi connectivity index (χ4n) is 3.31. The zero-order valence-corrected chi connectivity index (χ0v) is 13.4. The van der Waals surface area contributed by atoms with Crippen LogP contribution in [0.2, 0.25) is 0 Å². The van der Waals surface area contributed by atoms with Crippen molar-refractivity contribution >= 4 is 10.0 Å². The molecule has 5 nitrogen and oxygen atoms in total. The summed E-state index contributed by atoms with van der Waals surface area (Å²) in [7, 11) is -3.25. The fourth-order valence-corrected chi connectivity index (χ4v) is 5.35. The van der Waals surface area contributed by atoms with E-state index < -0.39 is 21.7 Å². The minimum atomic E-state index is -3.25. The second-order valence-electron chi connectivity index (χ2n) is 6.76. The number of nitrogens with zero attached hydrogens (tertiary/aromatic N) is 1. The van der Waals surface area contributed by atoms with Crippen LogP contribution in [0.1, 0.15) is 46.0 Å². The summed E-state index contributed by atoms with van der Waals surface area (Å²) in [5, 5.41) is 9.28. The quantitative estimate of drug-likeness (QED) is 0.852. The molecule has 2 rings (SSSR count). The molecule has 0 aromatic heterocycles. The van der Waals surface area contributed by atoms with E-state index in [1.807, 2.05) is 13.8 Å². The van der Waals surface area contributed by atoms with E-state index in [9.17, 15) is 13.5 Å². The van der Waals surface area contributed by atoms with Crippen LogP contribution in [0.15, 0.2) is 0 Å². The monoisotopic (exact) mass is 305 g/mol. The topological polar surface area (TPSA) is 66.8 Å². The molecule has 1 saturated carbocycles. The van der Waals surface area contributed by atoms with Crippen LogP contribution in [-0.4, -0.2) is 55.0 Å². The van der Waals surface area contributed by atoms with E-state index in [-0.39, 0.29) is 18.9 Å². The average Bonchev–Trinajstić information content (AvgIpc) is 2.37. The lowest BCUT2D eigenvalue weighted by atomic mass is 9.91. The first kappa shape index (κ1) is 16.2. The molecule has 0 aromatic rings. The third kappa shape index (κ3) is 4.16. The van der Waals surface area contributed by atoms with Crippen LogP contribution < -0.4 is 0 Å². The molecule has 1 aliphatic carbocycles. The Hall–Kier alpha value is -0.170. The number of hydrogen-bond acceptors (Lipinski definition) is 4. The van der Waals surface area contributed by atoms with Gasteiger partial charge in [0.15, 0.2) is 0 Å². The number of rotatable bonds is 4. The summed E-state index contributed by atoms with van der Waals surface area (Å²) in [6.45, 7) is 4.25. The maximum Gasteiger partial charge on any atom is 0.214 e. The van der Waals surface area contributed by atoms with Gasteiger partial charge in [0.25, 0.3) is 0 Å². The van der Waals surface area contributed by atoms with Gasteiger partial charge in [0, 0.05) is 13.1 Å². The molecule has 0 aromatic carbocycles. The zero-order valence-electron chi connectivity index (χ0n) is 12.5. The largest absolute Gasteiger partial charge is 0.394 e. The molecule has 6 heteroatoms. The van der Waals surface area contributed by atoms with E-state index >= 15 is 0 Å². The molecule has 20 heavy (non-hydrogen) atoms. The molecular formula is C14H27NO4S. The molecule has 0 amide bonds. The van der Waals surface area contributed by atoms with E-state index in [1.165, 1.54) is 10.7 Å². The maximum atomic E-state index is 12.6. The van der Waals surface area contributed by atoms with Crippen LogP contribution in [0.3, 0.4) is 0 Å². The van der Waals surface area contributed by atoms with Gasteiger partial charge in [-0.05, 0) is 32.6 Å². The third-order valence-electron chi connectivity index (χ3n) is 4.22. The van der Waals surface area contributed by atoms with Gasteiger partial charge in [-0.25, -0.2) is 8.42 Å². The Kier molecular flexibility index (Phi) is 5.10. The van der Waals surface area contributed by atoms with Crippen molar-refractivity contribution in [3.63, 3.8) is 0 Å². The molecular weight excluding hydrogens is 278 g/mol. The Bertz CT molecular complexity index is 415. The first-order chi connectivity index (χ1) is 9.32. The van der Waals surface area contributed by atoms with Gasteiger partial charge >= 0.3 is 0 Å². The van der Waals surface area contributed by atoms with E-state index in [2.05, 4.69) is 0 Å². The SMILES string of the molecule is CC1(C)CN(S(=O)(=O)CC2CCCCC2)CC(CO)O1. The molecule has 1 atom stereocenters. The van der Waals surface area contributed by atoms with Crippen molar-refractivity contribution in [2.24, 2.45) is 5.92 Å². The molecule has 1 heterocycles. The number of hydrogen-bond donors (Lipinski definition) is 1. The van der Waals surface area contributed by atoms with E-state index in [0.717, 1.165) is 25.7 Å². The number of morpholine rings is 1. The summed E-state index contributed by atoms with van der Waals surface area (Å²) in [5.74, 6) is 0.550. The van der Waals surface area contributed by atoms with Crippen LogP contribution in [0.5, 0.6) is 0 Å². The summed E-state index contributed by atoms with van der Waals surface area (Å²) in [4.78, 5) is 0. The van der Waals surface area contributed by atoms with Crippen molar-refractivity contribution < 1.29 is 18.3 Å². The smallest absolute Gasteiger partial charge is 0.214 e. The summed E-state index contributed by atoms with van der Waals surface area (Å²) >= 11 is 0. The summed E-state index contributed by atoms with van der Waals surface area (Å²) in [6, 6.07) is 0. The number of aliphatic hydroxyl groups is 1. The van der Waals surface area contributed by atoms with Crippen molar-refractivity contribution in [2.45, 2.75) is 57.7 Å². The van der Waals surface area contributed by atoms with Gasteiger partial charge < -0.3 is 9.84 Å².